The zero-order valence-electron chi connectivity index (χ0n) is 11.1. The summed E-state index contributed by atoms with van der Waals surface area (Å²) in [6.45, 7) is 1.60. The average Bonchev–Trinajstić information content (AvgIpc) is 2.42. The van der Waals surface area contributed by atoms with Crippen LogP contribution in [0.3, 0.4) is 0 Å². The summed E-state index contributed by atoms with van der Waals surface area (Å²) in [6.07, 6.45) is 0. The van der Waals surface area contributed by atoms with Gasteiger partial charge in [0.2, 0.25) is 0 Å². The quantitative estimate of drug-likeness (QED) is 0.613. The summed E-state index contributed by atoms with van der Waals surface area (Å²) in [5.74, 6) is 0. The van der Waals surface area contributed by atoms with Crippen molar-refractivity contribution in [3.05, 3.63) is 74.2 Å². The van der Waals surface area contributed by atoms with Gasteiger partial charge in [-0.05, 0) is 30.3 Å². The molecule has 0 aliphatic rings. The third kappa shape index (κ3) is 4.15. The molecule has 2 aromatic carbocycles. The Labute approximate surface area is 126 Å². The lowest BCUT2D eigenvalue weighted by atomic mass is 10.1. The van der Waals surface area contributed by atoms with Crippen LogP contribution in [0.1, 0.15) is 11.1 Å². The molecule has 0 N–H and O–H groups in total. The van der Waals surface area contributed by atoms with Crippen molar-refractivity contribution in [2.75, 3.05) is 7.05 Å². The minimum atomic E-state index is -0.380. The monoisotopic (exact) mass is 334 g/mol. The van der Waals surface area contributed by atoms with Gasteiger partial charge in [0.15, 0.2) is 0 Å². The molecule has 0 spiro atoms. The lowest BCUT2D eigenvalue weighted by Gasteiger charge is -2.16. The van der Waals surface area contributed by atoms with E-state index in [0.717, 1.165) is 23.1 Å². The van der Waals surface area contributed by atoms with Crippen LogP contribution < -0.4 is 0 Å². The van der Waals surface area contributed by atoms with Crippen molar-refractivity contribution in [2.45, 2.75) is 13.1 Å². The first-order chi connectivity index (χ1) is 9.54. The maximum absolute atomic E-state index is 10.6. The Morgan fingerprint density at radius 2 is 1.45 bits per heavy atom. The Hall–Kier alpha value is -1.72. The van der Waals surface area contributed by atoms with Crippen LogP contribution >= 0.6 is 15.9 Å². The second-order valence-corrected chi connectivity index (χ2v) is 5.64. The highest BCUT2D eigenvalue weighted by Gasteiger charge is 2.06. The van der Waals surface area contributed by atoms with Crippen LogP contribution in [0.15, 0.2) is 53.0 Å². The van der Waals surface area contributed by atoms with E-state index in [1.165, 1.54) is 5.56 Å². The van der Waals surface area contributed by atoms with Gasteiger partial charge in [-0.25, -0.2) is 0 Å². The lowest BCUT2D eigenvalue weighted by Crippen LogP contribution is -2.17. The summed E-state index contributed by atoms with van der Waals surface area (Å²) in [5, 5.41) is 10.6. The molecule has 0 bridgehead atoms. The van der Waals surface area contributed by atoms with Gasteiger partial charge in [-0.2, -0.15) is 0 Å². The average molecular weight is 335 g/mol. The molecule has 4 nitrogen and oxygen atoms in total. The second-order valence-electron chi connectivity index (χ2n) is 4.72. The van der Waals surface area contributed by atoms with Gasteiger partial charge in [0, 0.05) is 29.7 Å². The van der Waals surface area contributed by atoms with E-state index < -0.39 is 0 Å². The van der Waals surface area contributed by atoms with E-state index in [-0.39, 0.29) is 10.6 Å². The number of nitrogens with zero attached hydrogens (tertiary/aromatic N) is 2. The molecule has 20 heavy (non-hydrogen) atoms. The third-order valence-electron chi connectivity index (χ3n) is 2.97. The predicted octanol–water partition coefficient (Wildman–Crippen LogP) is 3.99. The fourth-order valence-corrected chi connectivity index (χ4v) is 2.26. The highest BCUT2D eigenvalue weighted by atomic mass is 79.9. The first-order valence-corrected chi connectivity index (χ1v) is 7.00. The van der Waals surface area contributed by atoms with Crippen molar-refractivity contribution in [1.82, 2.24) is 4.90 Å². The first kappa shape index (κ1) is 14.7. The van der Waals surface area contributed by atoms with E-state index in [9.17, 15) is 10.1 Å². The first-order valence-electron chi connectivity index (χ1n) is 6.21. The summed E-state index contributed by atoms with van der Waals surface area (Å²) in [7, 11) is 2.03. The van der Waals surface area contributed by atoms with Gasteiger partial charge in [0.1, 0.15) is 0 Å². The Kier molecular flexibility index (Phi) is 4.87. The van der Waals surface area contributed by atoms with Gasteiger partial charge in [-0.1, -0.05) is 40.2 Å². The molecule has 0 aliphatic heterocycles. The Bertz CT molecular complexity index is 582. The van der Waals surface area contributed by atoms with Gasteiger partial charge in [0.25, 0.3) is 5.69 Å². The van der Waals surface area contributed by atoms with Crippen molar-refractivity contribution in [3.63, 3.8) is 0 Å². The molecule has 0 saturated carbocycles. The molecule has 0 fully saturated rings. The van der Waals surface area contributed by atoms with E-state index in [2.05, 4.69) is 33.0 Å². The largest absolute Gasteiger partial charge is 0.298 e. The van der Waals surface area contributed by atoms with E-state index >= 15 is 0 Å². The molecule has 0 heterocycles. The number of benzene rings is 2. The molecule has 0 saturated heterocycles. The van der Waals surface area contributed by atoms with E-state index in [1.54, 1.807) is 24.3 Å². The fourth-order valence-electron chi connectivity index (χ4n) is 1.99. The molecule has 0 amide bonds. The molecule has 0 aromatic heterocycles. The van der Waals surface area contributed by atoms with Gasteiger partial charge in [-0.15, -0.1) is 0 Å². The van der Waals surface area contributed by atoms with Crippen LogP contribution in [0.25, 0.3) is 0 Å². The topological polar surface area (TPSA) is 46.4 Å². The van der Waals surface area contributed by atoms with Crippen LogP contribution in [0.4, 0.5) is 5.69 Å². The molecule has 0 unspecified atom stereocenters. The molecule has 5 heteroatoms. The van der Waals surface area contributed by atoms with Crippen LogP contribution in [0, 0.1) is 10.1 Å². The van der Waals surface area contributed by atoms with Crippen LogP contribution in [-0.2, 0) is 13.1 Å². The minimum absolute atomic E-state index is 0.129. The van der Waals surface area contributed by atoms with E-state index in [0.29, 0.717) is 0 Å². The van der Waals surface area contributed by atoms with Crippen molar-refractivity contribution in [2.24, 2.45) is 0 Å². The summed E-state index contributed by atoms with van der Waals surface area (Å²) in [4.78, 5) is 12.4. The highest BCUT2D eigenvalue weighted by Crippen LogP contribution is 2.15. The summed E-state index contributed by atoms with van der Waals surface area (Å²) in [6, 6.07) is 14.9. The molecule has 2 rings (SSSR count). The molecular weight excluding hydrogens is 320 g/mol. The molecular formula is C15H15BrN2O2. The molecule has 0 radical (unpaired) electrons. The SMILES string of the molecule is CN(Cc1ccc(Br)cc1)Cc1ccc([N+](=O)[O-])cc1. The van der Waals surface area contributed by atoms with E-state index in [1.807, 2.05) is 19.2 Å². The summed E-state index contributed by atoms with van der Waals surface area (Å²) < 4.78 is 1.07. The number of rotatable bonds is 5. The number of nitro benzene ring substituents is 1. The lowest BCUT2D eigenvalue weighted by molar-refractivity contribution is -0.384. The fraction of sp³-hybridized carbons (Fsp3) is 0.200. The number of halogens is 1. The Morgan fingerprint density at radius 1 is 1.00 bits per heavy atom. The molecule has 0 atom stereocenters. The standard InChI is InChI=1S/C15H15BrN2O2/c1-17(10-12-2-6-14(16)7-3-12)11-13-4-8-15(9-5-13)18(19)20/h2-9H,10-11H2,1H3. The van der Waals surface area contributed by atoms with E-state index in [4.69, 9.17) is 0 Å². The third-order valence-corrected chi connectivity index (χ3v) is 3.49. The van der Waals surface area contributed by atoms with Gasteiger partial charge in [-0.3, -0.25) is 15.0 Å². The van der Waals surface area contributed by atoms with Crippen molar-refractivity contribution >= 4 is 21.6 Å². The molecule has 0 aliphatic carbocycles. The predicted molar refractivity (Wildman–Crippen MR) is 82.4 cm³/mol. The van der Waals surface area contributed by atoms with Crippen molar-refractivity contribution < 1.29 is 4.92 Å². The number of hydrogen-bond acceptors (Lipinski definition) is 3. The normalized spacial score (nSPS) is 10.8. The van der Waals surface area contributed by atoms with Crippen LogP contribution in [-0.4, -0.2) is 16.9 Å². The zero-order valence-corrected chi connectivity index (χ0v) is 12.7. The van der Waals surface area contributed by atoms with Crippen LogP contribution in [0.2, 0.25) is 0 Å². The number of nitro groups is 1. The van der Waals surface area contributed by atoms with Crippen molar-refractivity contribution in [1.29, 1.82) is 0 Å². The summed E-state index contributed by atoms with van der Waals surface area (Å²) in [5.41, 5.74) is 2.43. The van der Waals surface area contributed by atoms with Crippen molar-refractivity contribution in [3.8, 4) is 0 Å². The highest BCUT2D eigenvalue weighted by molar-refractivity contribution is 9.10. The Morgan fingerprint density at radius 3 is 1.90 bits per heavy atom. The maximum Gasteiger partial charge on any atom is 0.269 e. The Balaban J connectivity index is 1.95. The van der Waals surface area contributed by atoms with Crippen LogP contribution in [0.5, 0.6) is 0 Å². The molecule has 2 aromatic rings. The van der Waals surface area contributed by atoms with Gasteiger partial charge >= 0.3 is 0 Å². The van der Waals surface area contributed by atoms with Gasteiger partial charge < -0.3 is 0 Å². The van der Waals surface area contributed by atoms with Gasteiger partial charge in [0.05, 0.1) is 4.92 Å². The molecule has 104 valence electrons. The maximum atomic E-state index is 10.6. The second kappa shape index (κ2) is 6.63. The number of hydrogen-bond donors (Lipinski definition) is 0. The smallest absolute Gasteiger partial charge is 0.269 e. The number of non-ortho nitro benzene ring substituents is 1. The minimum Gasteiger partial charge on any atom is -0.298 e. The summed E-state index contributed by atoms with van der Waals surface area (Å²) >= 11 is 3.42. The zero-order chi connectivity index (χ0) is 14.5.